The van der Waals surface area contributed by atoms with E-state index in [9.17, 15) is 9.18 Å². The van der Waals surface area contributed by atoms with E-state index in [-0.39, 0.29) is 17.0 Å². The number of carbonyl (C=O) groups excluding carboxylic acids is 1. The number of hydrogen-bond donors (Lipinski definition) is 1. The smallest absolute Gasteiger partial charge is 0.242 e. The first-order valence-electron chi connectivity index (χ1n) is 5.96. The molecule has 98 valence electrons. The number of nitrogens with one attached hydrogen (secondary N) is 1. The molecule has 1 aliphatic rings. The lowest BCUT2D eigenvalue weighted by Crippen LogP contribution is -2.34. The molecular weight excluding hydrogens is 276 g/mol. The lowest BCUT2D eigenvalue weighted by molar-refractivity contribution is -0.121. The molecule has 2 nitrogen and oxygen atoms in total. The molecule has 18 heavy (non-hydrogen) atoms. The van der Waals surface area contributed by atoms with Gasteiger partial charge < -0.3 is 5.32 Å². The van der Waals surface area contributed by atoms with E-state index in [2.05, 4.69) is 5.32 Å². The molecule has 1 amide bonds. The quantitative estimate of drug-likeness (QED) is 0.842. The SMILES string of the molecule is O=C(NC1CCCC1)C(Cl)c1cc(F)cc(Cl)c1. The van der Waals surface area contributed by atoms with Crippen molar-refractivity contribution in [3.8, 4) is 0 Å². The lowest BCUT2D eigenvalue weighted by atomic mass is 10.1. The maximum absolute atomic E-state index is 13.2. The van der Waals surface area contributed by atoms with Crippen molar-refractivity contribution in [1.82, 2.24) is 5.32 Å². The highest BCUT2D eigenvalue weighted by atomic mass is 35.5. The summed E-state index contributed by atoms with van der Waals surface area (Å²) < 4.78 is 13.2. The van der Waals surface area contributed by atoms with E-state index in [4.69, 9.17) is 23.2 Å². The summed E-state index contributed by atoms with van der Waals surface area (Å²) in [6, 6.07) is 4.13. The average molecular weight is 290 g/mol. The molecule has 0 heterocycles. The summed E-state index contributed by atoms with van der Waals surface area (Å²) in [6.07, 6.45) is 4.23. The zero-order valence-corrected chi connectivity index (χ0v) is 11.3. The molecule has 1 unspecified atom stereocenters. The number of halogens is 3. The van der Waals surface area contributed by atoms with Crippen LogP contribution in [0.2, 0.25) is 5.02 Å². The van der Waals surface area contributed by atoms with Crippen LogP contribution in [-0.4, -0.2) is 11.9 Å². The molecule has 2 rings (SSSR count). The number of benzene rings is 1. The molecule has 1 aliphatic carbocycles. The minimum atomic E-state index is -0.904. The van der Waals surface area contributed by atoms with Crippen LogP contribution < -0.4 is 5.32 Å². The van der Waals surface area contributed by atoms with Gasteiger partial charge in [-0.2, -0.15) is 0 Å². The average Bonchev–Trinajstić information content (AvgIpc) is 2.79. The summed E-state index contributed by atoms with van der Waals surface area (Å²) in [7, 11) is 0. The van der Waals surface area contributed by atoms with Crippen LogP contribution in [0.4, 0.5) is 4.39 Å². The van der Waals surface area contributed by atoms with Crippen molar-refractivity contribution in [2.24, 2.45) is 0 Å². The highest BCUT2D eigenvalue weighted by molar-refractivity contribution is 6.32. The molecule has 0 aliphatic heterocycles. The van der Waals surface area contributed by atoms with Gasteiger partial charge in [-0.3, -0.25) is 4.79 Å². The highest BCUT2D eigenvalue weighted by Crippen LogP contribution is 2.26. The molecule has 0 radical (unpaired) electrons. The Kier molecular flexibility index (Phi) is 4.46. The van der Waals surface area contributed by atoms with E-state index < -0.39 is 11.2 Å². The molecule has 0 spiro atoms. The molecule has 0 aromatic heterocycles. The summed E-state index contributed by atoms with van der Waals surface area (Å²) in [4.78, 5) is 11.9. The van der Waals surface area contributed by atoms with Crippen molar-refractivity contribution >= 4 is 29.1 Å². The maximum atomic E-state index is 13.2. The number of carbonyl (C=O) groups is 1. The van der Waals surface area contributed by atoms with Gasteiger partial charge in [0, 0.05) is 11.1 Å². The lowest BCUT2D eigenvalue weighted by Gasteiger charge is -2.15. The van der Waals surface area contributed by atoms with Gasteiger partial charge in [-0.05, 0) is 36.6 Å². The Hall–Kier alpha value is -0.800. The molecule has 5 heteroatoms. The normalized spacial score (nSPS) is 17.7. The van der Waals surface area contributed by atoms with Gasteiger partial charge in [0.25, 0.3) is 0 Å². The third kappa shape index (κ3) is 3.36. The minimum absolute atomic E-state index is 0.197. The zero-order chi connectivity index (χ0) is 13.1. The van der Waals surface area contributed by atoms with Gasteiger partial charge in [0.1, 0.15) is 11.2 Å². The van der Waals surface area contributed by atoms with Crippen LogP contribution in [0.1, 0.15) is 36.6 Å². The van der Waals surface area contributed by atoms with Crippen LogP contribution in [0.5, 0.6) is 0 Å². The fourth-order valence-corrected chi connectivity index (χ4v) is 2.64. The Morgan fingerprint density at radius 1 is 1.33 bits per heavy atom. The Morgan fingerprint density at radius 2 is 2.00 bits per heavy atom. The Morgan fingerprint density at radius 3 is 2.61 bits per heavy atom. The first kappa shape index (κ1) is 13.6. The van der Waals surface area contributed by atoms with Crippen molar-refractivity contribution in [3.63, 3.8) is 0 Å². The predicted molar refractivity (Wildman–Crippen MR) is 70.4 cm³/mol. The molecule has 1 atom stereocenters. The third-order valence-electron chi connectivity index (χ3n) is 3.11. The zero-order valence-electron chi connectivity index (χ0n) is 9.76. The highest BCUT2D eigenvalue weighted by Gasteiger charge is 2.23. The van der Waals surface area contributed by atoms with Gasteiger partial charge >= 0.3 is 0 Å². The van der Waals surface area contributed by atoms with Crippen molar-refractivity contribution in [1.29, 1.82) is 0 Å². The van der Waals surface area contributed by atoms with Crippen LogP contribution in [-0.2, 0) is 4.79 Å². The predicted octanol–water partition coefficient (Wildman–Crippen LogP) is 3.82. The van der Waals surface area contributed by atoms with Gasteiger partial charge in [0.05, 0.1) is 0 Å². The largest absolute Gasteiger partial charge is 0.352 e. The maximum Gasteiger partial charge on any atom is 0.242 e. The topological polar surface area (TPSA) is 29.1 Å². The minimum Gasteiger partial charge on any atom is -0.352 e. The number of amides is 1. The molecule has 1 aromatic rings. The summed E-state index contributed by atoms with van der Waals surface area (Å²) >= 11 is 11.8. The molecular formula is C13H14Cl2FNO. The van der Waals surface area contributed by atoms with Crippen LogP contribution in [0.15, 0.2) is 18.2 Å². The van der Waals surface area contributed by atoms with Crippen LogP contribution in [0, 0.1) is 5.82 Å². The van der Waals surface area contributed by atoms with Crippen LogP contribution >= 0.6 is 23.2 Å². The Labute approximate surface area is 115 Å². The van der Waals surface area contributed by atoms with Crippen molar-refractivity contribution in [3.05, 3.63) is 34.6 Å². The van der Waals surface area contributed by atoms with Gasteiger partial charge in [-0.25, -0.2) is 4.39 Å². The molecule has 1 N–H and O–H groups in total. The van der Waals surface area contributed by atoms with E-state index in [0.717, 1.165) is 25.7 Å². The first-order chi connectivity index (χ1) is 8.56. The molecule has 1 fully saturated rings. The summed E-state index contributed by atoms with van der Waals surface area (Å²) in [5, 5.41) is 2.22. The Balaban J connectivity index is 2.04. The fraction of sp³-hybridized carbons (Fsp3) is 0.462. The number of hydrogen-bond acceptors (Lipinski definition) is 1. The van der Waals surface area contributed by atoms with E-state index in [1.165, 1.54) is 18.2 Å². The number of rotatable bonds is 3. The van der Waals surface area contributed by atoms with Crippen LogP contribution in [0.25, 0.3) is 0 Å². The molecule has 0 saturated heterocycles. The molecule has 1 aromatic carbocycles. The fourth-order valence-electron chi connectivity index (χ4n) is 2.22. The van der Waals surface area contributed by atoms with Gasteiger partial charge in [-0.15, -0.1) is 11.6 Å². The van der Waals surface area contributed by atoms with Crippen molar-refractivity contribution in [2.45, 2.75) is 37.1 Å². The summed E-state index contributed by atoms with van der Waals surface area (Å²) in [6.45, 7) is 0. The second kappa shape index (κ2) is 5.89. The van der Waals surface area contributed by atoms with Crippen molar-refractivity contribution < 1.29 is 9.18 Å². The molecule has 1 saturated carbocycles. The third-order valence-corrected chi connectivity index (χ3v) is 3.78. The van der Waals surface area contributed by atoms with E-state index >= 15 is 0 Å². The standard InChI is InChI=1S/C13H14Cl2FNO/c14-9-5-8(6-10(16)7-9)12(15)13(18)17-11-3-1-2-4-11/h5-7,11-12H,1-4H2,(H,17,18). The second-order valence-electron chi connectivity index (χ2n) is 4.56. The van der Waals surface area contributed by atoms with E-state index in [1.807, 2.05) is 0 Å². The van der Waals surface area contributed by atoms with Gasteiger partial charge in [0.2, 0.25) is 5.91 Å². The molecule has 0 bridgehead atoms. The number of alkyl halides is 1. The Bertz CT molecular complexity index is 426. The van der Waals surface area contributed by atoms with Crippen LogP contribution in [0.3, 0.4) is 0 Å². The van der Waals surface area contributed by atoms with E-state index in [0.29, 0.717) is 5.56 Å². The first-order valence-corrected chi connectivity index (χ1v) is 6.78. The van der Waals surface area contributed by atoms with Gasteiger partial charge in [0.15, 0.2) is 0 Å². The summed E-state index contributed by atoms with van der Waals surface area (Å²) in [5.41, 5.74) is 0.386. The summed E-state index contributed by atoms with van der Waals surface area (Å²) in [5.74, 6) is -0.776. The van der Waals surface area contributed by atoms with E-state index in [1.54, 1.807) is 0 Å². The van der Waals surface area contributed by atoms with Crippen molar-refractivity contribution in [2.75, 3.05) is 0 Å². The second-order valence-corrected chi connectivity index (χ2v) is 5.43. The van der Waals surface area contributed by atoms with Gasteiger partial charge in [-0.1, -0.05) is 24.4 Å². The monoisotopic (exact) mass is 289 g/mol.